The first-order valence-electron chi connectivity index (χ1n) is 6.30. The maximum Gasteiger partial charge on any atom is 0.253 e. The van der Waals surface area contributed by atoms with Gasteiger partial charge in [-0.2, -0.15) is 15.3 Å². The Kier molecular flexibility index (Phi) is 3.37. The minimum absolute atomic E-state index is 0.0841. The van der Waals surface area contributed by atoms with Gasteiger partial charge in [0, 0.05) is 24.2 Å². The highest BCUT2D eigenvalue weighted by Crippen LogP contribution is 2.27. The smallest absolute Gasteiger partial charge is 0.253 e. The third-order valence-corrected chi connectivity index (χ3v) is 2.97. The van der Waals surface area contributed by atoms with E-state index in [1.807, 2.05) is 6.07 Å². The zero-order valence-corrected chi connectivity index (χ0v) is 11.6. The monoisotopic (exact) mass is 293 g/mol. The number of nitrogens with two attached hydrogens (primary N) is 1. The molecule has 0 aromatic carbocycles. The summed E-state index contributed by atoms with van der Waals surface area (Å²) in [6.07, 6.45) is 6.44. The van der Waals surface area contributed by atoms with Crippen molar-refractivity contribution in [1.82, 2.24) is 24.7 Å². The van der Waals surface area contributed by atoms with Crippen molar-refractivity contribution >= 4 is 5.82 Å². The van der Waals surface area contributed by atoms with Gasteiger partial charge in [-0.05, 0) is 12.1 Å². The van der Waals surface area contributed by atoms with E-state index in [1.54, 1.807) is 36.9 Å². The normalized spacial score (nSPS) is 10.2. The summed E-state index contributed by atoms with van der Waals surface area (Å²) in [5.41, 5.74) is 7.06. The molecule has 2 N–H and O–H groups in total. The molecule has 0 aliphatic carbocycles. The van der Waals surface area contributed by atoms with Crippen molar-refractivity contribution in [3.05, 3.63) is 42.5 Å². The molecule has 3 aromatic rings. The van der Waals surface area contributed by atoms with Crippen LogP contribution in [0.1, 0.15) is 5.56 Å². The Morgan fingerprint density at radius 2 is 2.18 bits per heavy atom. The Morgan fingerprint density at radius 3 is 2.86 bits per heavy atom. The van der Waals surface area contributed by atoms with Gasteiger partial charge in [0.1, 0.15) is 23.2 Å². The summed E-state index contributed by atoms with van der Waals surface area (Å²) < 4.78 is 6.61. The molecule has 0 aliphatic heterocycles. The highest BCUT2D eigenvalue weighted by Gasteiger charge is 2.16. The standard InChI is InChI=1S/C14H11N7O/c1-22-10-5-9(7-17-8-10)12-11(6-15)13(16)20-14(19-12)21-4-2-3-18-21/h2-5,7-8H,1H3,(H2,16,19,20). The van der Waals surface area contributed by atoms with E-state index in [0.29, 0.717) is 17.0 Å². The number of aromatic nitrogens is 5. The maximum atomic E-state index is 9.32. The summed E-state index contributed by atoms with van der Waals surface area (Å²) in [5.74, 6) is 0.916. The molecule has 0 amide bonds. The fraction of sp³-hybridized carbons (Fsp3) is 0.0714. The van der Waals surface area contributed by atoms with E-state index < -0.39 is 0 Å². The van der Waals surface area contributed by atoms with Crippen LogP contribution in [0.15, 0.2) is 36.9 Å². The first kappa shape index (κ1) is 13.5. The number of anilines is 1. The Labute approximate surface area is 125 Å². The van der Waals surface area contributed by atoms with E-state index in [1.165, 1.54) is 11.8 Å². The van der Waals surface area contributed by atoms with E-state index in [4.69, 9.17) is 10.5 Å². The molecule has 0 saturated carbocycles. The molecule has 108 valence electrons. The molecule has 8 heteroatoms. The van der Waals surface area contributed by atoms with Crippen LogP contribution in [0, 0.1) is 11.3 Å². The lowest BCUT2D eigenvalue weighted by Crippen LogP contribution is -2.08. The van der Waals surface area contributed by atoms with Crippen molar-refractivity contribution in [1.29, 1.82) is 5.26 Å². The minimum atomic E-state index is 0.0841. The number of ether oxygens (including phenoxy) is 1. The lowest BCUT2D eigenvalue weighted by Gasteiger charge is -2.09. The third-order valence-electron chi connectivity index (χ3n) is 2.97. The summed E-state index contributed by atoms with van der Waals surface area (Å²) in [6, 6.07) is 5.49. The second-order valence-corrected chi connectivity index (χ2v) is 4.31. The number of hydrogen-bond acceptors (Lipinski definition) is 7. The lowest BCUT2D eigenvalue weighted by molar-refractivity contribution is 0.413. The quantitative estimate of drug-likeness (QED) is 0.770. The van der Waals surface area contributed by atoms with Gasteiger partial charge in [-0.25, -0.2) is 9.67 Å². The number of nitriles is 1. The molecule has 0 unspecified atom stereocenters. The van der Waals surface area contributed by atoms with Crippen LogP contribution < -0.4 is 10.5 Å². The molecule has 0 saturated heterocycles. The SMILES string of the molecule is COc1cncc(-c2nc(-n3cccn3)nc(N)c2C#N)c1. The molecule has 22 heavy (non-hydrogen) atoms. The predicted octanol–water partition coefficient (Wildman–Crippen LogP) is 1.19. The Hall–Kier alpha value is -3.47. The summed E-state index contributed by atoms with van der Waals surface area (Å²) in [7, 11) is 1.54. The van der Waals surface area contributed by atoms with Crippen LogP contribution in [0.25, 0.3) is 17.2 Å². The van der Waals surface area contributed by atoms with Crippen LogP contribution in [0.4, 0.5) is 5.82 Å². The van der Waals surface area contributed by atoms with Gasteiger partial charge in [0.2, 0.25) is 0 Å². The molecular formula is C14H11N7O. The Bertz CT molecular complexity index is 852. The number of nitrogens with zero attached hydrogens (tertiary/aromatic N) is 6. The molecule has 0 aliphatic rings. The van der Waals surface area contributed by atoms with Crippen LogP contribution in [0.5, 0.6) is 5.75 Å². The largest absolute Gasteiger partial charge is 0.495 e. The van der Waals surface area contributed by atoms with Gasteiger partial charge in [-0.15, -0.1) is 0 Å². The topological polar surface area (TPSA) is 116 Å². The average molecular weight is 293 g/mol. The van der Waals surface area contributed by atoms with Crippen LogP contribution in [-0.4, -0.2) is 31.8 Å². The van der Waals surface area contributed by atoms with Gasteiger partial charge in [-0.1, -0.05) is 0 Å². The highest BCUT2D eigenvalue weighted by atomic mass is 16.5. The number of hydrogen-bond donors (Lipinski definition) is 1. The molecule has 3 rings (SSSR count). The second-order valence-electron chi connectivity index (χ2n) is 4.31. The molecule has 8 nitrogen and oxygen atoms in total. The van der Waals surface area contributed by atoms with Gasteiger partial charge in [0.05, 0.1) is 19.0 Å². The van der Waals surface area contributed by atoms with E-state index >= 15 is 0 Å². The molecule has 0 radical (unpaired) electrons. The van der Waals surface area contributed by atoms with Gasteiger partial charge in [0.25, 0.3) is 5.95 Å². The van der Waals surface area contributed by atoms with Gasteiger partial charge >= 0.3 is 0 Å². The summed E-state index contributed by atoms with van der Waals surface area (Å²) in [4.78, 5) is 12.6. The number of pyridine rings is 1. The summed E-state index contributed by atoms with van der Waals surface area (Å²) in [5, 5.41) is 13.4. The van der Waals surface area contributed by atoms with Crippen LogP contribution in [0.3, 0.4) is 0 Å². The van der Waals surface area contributed by atoms with Crippen molar-refractivity contribution in [3.8, 4) is 29.0 Å². The van der Waals surface area contributed by atoms with Crippen molar-refractivity contribution in [2.45, 2.75) is 0 Å². The summed E-state index contributed by atoms with van der Waals surface area (Å²) in [6.45, 7) is 0. The van der Waals surface area contributed by atoms with Crippen molar-refractivity contribution < 1.29 is 4.74 Å². The molecule has 0 spiro atoms. The van der Waals surface area contributed by atoms with Gasteiger partial charge < -0.3 is 10.5 Å². The van der Waals surface area contributed by atoms with Gasteiger partial charge in [0.15, 0.2) is 0 Å². The zero-order chi connectivity index (χ0) is 15.5. The molecule has 3 heterocycles. The maximum absolute atomic E-state index is 9.32. The number of rotatable bonds is 3. The zero-order valence-electron chi connectivity index (χ0n) is 11.6. The number of nitrogen functional groups attached to an aromatic ring is 1. The third kappa shape index (κ3) is 2.31. The average Bonchev–Trinajstić information content (AvgIpc) is 3.08. The minimum Gasteiger partial charge on any atom is -0.495 e. The molecule has 0 fully saturated rings. The van der Waals surface area contributed by atoms with Crippen LogP contribution in [0.2, 0.25) is 0 Å². The van der Waals surface area contributed by atoms with E-state index in [2.05, 4.69) is 20.1 Å². The molecule has 3 aromatic heterocycles. The van der Waals surface area contributed by atoms with Crippen molar-refractivity contribution in [3.63, 3.8) is 0 Å². The van der Waals surface area contributed by atoms with E-state index in [9.17, 15) is 5.26 Å². The highest BCUT2D eigenvalue weighted by molar-refractivity contribution is 5.72. The lowest BCUT2D eigenvalue weighted by atomic mass is 10.1. The fourth-order valence-electron chi connectivity index (χ4n) is 1.93. The number of methoxy groups -OCH3 is 1. The van der Waals surface area contributed by atoms with Crippen LogP contribution >= 0.6 is 0 Å². The van der Waals surface area contributed by atoms with Crippen molar-refractivity contribution in [2.75, 3.05) is 12.8 Å². The Morgan fingerprint density at radius 1 is 1.32 bits per heavy atom. The molecule has 0 bridgehead atoms. The van der Waals surface area contributed by atoms with Crippen molar-refractivity contribution in [2.24, 2.45) is 0 Å². The van der Waals surface area contributed by atoms with Crippen LogP contribution in [-0.2, 0) is 0 Å². The predicted molar refractivity (Wildman–Crippen MR) is 78.1 cm³/mol. The molecule has 0 atom stereocenters. The summed E-state index contributed by atoms with van der Waals surface area (Å²) >= 11 is 0. The van der Waals surface area contributed by atoms with E-state index in [-0.39, 0.29) is 17.3 Å². The first-order chi connectivity index (χ1) is 10.7. The van der Waals surface area contributed by atoms with E-state index in [0.717, 1.165) is 0 Å². The Balaban J connectivity index is 2.22. The fourth-order valence-corrected chi connectivity index (χ4v) is 1.93. The first-order valence-corrected chi connectivity index (χ1v) is 6.30. The van der Waals surface area contributed by atoms with Gasteiger partial charge in [-0.3, -0.25) is 4.98 Å². The molecular weight excluding hydrogens is 282 g/mol. The second kappa shape index (κ2) is 5.49.